The van der Waals surface area contributed by atoms with Crippen molar-refractivity contribution in [2.24, 2.45) is 0 Å². The molecule has 1 aromatic rings. The van der Waals surface area contributed by atoms with Crippen molar-refractivity contribution in [1.29, 1.82) is 0 Å². The van der Waals surface area contributed by atoms with Crippen LogP contribution in [0.1, 0.15) is 4.88 Å². The zero-order chi connectivity index (χ0) is 8.39. The highest BCUT2D eigenvalue weighted by molar-refractivity contribution is 7.15. The van der Waals surface area contributed by atoms with Crippen LogP contribution in [-0.2, 0) is 4.74 Å². The lowest BCUT2D eigenvalue weighted by Crippen LogP contribution is -2.36. The SMILES string of the molecule is Cc1cnc(N2CCOCC2)s1. The molecule has 0 N–H and O–H groups in total. The van der Waals surface area contributed by atoms with Gasteiger partial charge in [-0.05, 0) is 6.92 Å². The van der Waals surface area contributed by atoms with E-state index in [0.29, 0.717) is 0 Å². The molecule has 4 heteroatoms. The number of aromatic nitrogens is 1. The molecule has 1 saturated heterocycles. The molecular weight excluding hydrogens is 172 g/mol. The van der Waals surface area contributed by atoms with Gasteiger partial charge in [-0.1, -0.05) is 0 Å². The average molecular weight is 184 g/mol. The third-order valence-electron chi connectivity index (χ3n) is 1.89. The summed E-state index contributed by atoms with van der Waals surface area (Å²) in [5, 5.41) is 1.14. The van der Waals surface area contributed by atoms with Crippen LogP contribution in [0, 0.1) is 6.92 Å². The van der Waals surface area contributed by atoms with Crippen molar-refractivity contribution in [3.8, 4) is 0 Å². The fourth-order valence-electron chi connectivity index (χ4n) is 1.24. The van der Waals surface area contributed by atoms with Crippen molar-refractivity contribution < 1.29 is 4.74 Å². The molecule has 0 unspecified atom stereocenters. The Hall–Kier alpha value is -0.610. The van der Waals surface area contributed by atoms with Crippen molar-refractivity contribution in [2.45, 2.75) is 6.92 Å². The molecule has 0 radical (unpaired) electrons. The second-order valence-corrected chi connectivity index (χ2v) is 4.07. The van der Waals surface area contributed by atoms with Crippen LogP contribution in [0.5, 0.6) is 0 Å². The zero-order valence-corrected chi connectivity index (χ0v) is 7.93. The van der Waals surface area contributed by atoms with E-state index in [1.54, 1.807) is 11.3 Å². The summed E-state index contributed by atoms with van der Waals surface area (Å²) >= 11 is 1.75. The first-order valence-corrected chi connectivity index (χ1v) is 4.93. The van der Waals surface area contributed by atoms with Gasteiger partial charge in [-0.15, -0.1) is 11.3 Å². The lowest BCUT2D eigenvalue weighted by atomic mass is 10.5. The molecule has 12 heavy (non-hydrogen) atoms. The molecule has 3 nitrogen and oxygen atoms in total. The number of anilines is 1. The van der Waals surface area contributed by atoms with E-state index in [0.717, 1.165) is 31.4 Å². The van der Waals surface area contributed by atoms with Crippen LogP contribution in [0.3, 0.4) is 0 Å². The maximum absolute atomic E-state index is 5.26. The molecule has 0 aliphatic carbocycles. The molecule has 1 aliphatic heterocycles. The first-order valence-electron chi connectivity index (χ1n) is 4.11. The highest BCUT2D eigenvalue weighted by atomic mass is 32.1. The largest absolute Gasteiger partial charge is 0.378 e. The molecule has 2 heterocycles. The standard InChI is InChI=1S/C8H12N2OS/c1-7-6-9-8(12-7)10-2-4-11-5-3-10/h6H,2-5H2,1H3. The summed E-state index contributed by atoms with van der Waals surface area (Å²) in [6.45, 7) is 5.71. The highest BCUT2D eigenvalue weighted by Gasteiger charge is 2.13. The summed E-state index contributed by atoms with van der Waals surface area (Å²) in [6, 6.07) is 0. The van der Waals surface area contributed by atoms with Crippen LogP contribution in [0.15, 0.2) is 6.20 Å². The van der Waals surface area contributed by atoms with Gasteiger partial charge in [0.15, 0.2) is 5.13 Å². The van der Waals surface area contributed by atoms with Crippen LogP contribution in [0.4, 0.5) is 5.13 Å². The fraction of sp³-hybridized carbons (Fsp3) is 0.625. The molecule has 0 amide bonds. The Bertz CT molecular complexity index is 255. The number of thiazole rings is 1. The Labute approximate surface area is 76.0 Å². The lowest BCUT2D eigenvalue weighted by molar-refractivity contribution is 0.122. The summed E-state index contributed by atoms with van der Waals surface area (Å²) in [6.07, 6.45) is 1.93. The molecule has 66 valence electrons. The summed E-state index contributed by atoms with van der Waals surface area (Å²) in [5.74, 6) is 0. The van der Waals surface area contributed by atoms with Gasteiger partial charge in [-0.25, -0.2) is 4.98 Å². The lowest BCUT2D eigenvalue weighted by Gasteiger charge is -2.25. The first-order chi connectivity index (χ1) is 5.86. The van der Waals surface area contributed by atoms with Crippen molar-refractivity contribution in [2.75, 3.05) is 31.2 Å². The Kier molecular flexibility index (Phi) is 2.28. The quantitative estimate of drug-likeness (QED) is 0.657. The number of nitrogens with zero attached hydrogens (tertiary/aromatic N) is 2. The smallest absolute Gasteiger partial charge is 0.185 e. The van der Waals surface area contributed by atoms with Crippen molar-refractivity contribution in [3.05, 3.63) is 11.1 Å². The second kappa shape index (κ2) is 3.41. The van der Waals surface area contributed by atoms with Gasteiger partial charge in [0.25, 0.3) is 0 Å². The molecule has 0 spiro atoms. The van der Waals surface area contributed by atoms with Crippen LogP contribution in [0.2, 0.25) is 0 Å². The average Bonchev–Trinajstić information content (AvgIpc) is 2.54. The van der Waals surface area contributed by atoms with Crippen molar-refractivity contribution in [3.63, 3.8) is 0 Å². The van der Waals surface area contributed by atoms with Gasteiger partial charge in [-0.2, -0.15) is 0 Å². The van der Waals surface area contributed by atoms with E-state index in [1.165, 1.54) is 4.88 Å². The third-order valence-corrected chi connectivity index (χ3v) is 2.86. The number of aryl methyl sites for hydroxylation is 1. The molecular formula is C8H12N2OS. The minimum Gasteiger partial charge on any atom is -0.378 e. The summed E-state index contributed by atoms with van der Waals surface area (Å²) < 4.78 is 5.26. The topological polar surface area (TPSA) is 25.4 Å². The molecule has 2 rings (SSSR count). The Morgan fingerprint density at radius 3 is 2.83 bits per heavy atom. The highest BCUT2D eigenvalue weighted by Crippen LogP contribution is 2.21. The van der Waals surface area contributed by atoms with Gasteiger partial charge >= 0.3 is 0 Å². The number of ether oxygens (including phenoxy) is 1. The second-order valence-electron chi connectivity index (χ2n) is 2.85. The predicted octanol–water partition coefficient (Wildman–Crippen LogP) is 1.29. The fourth-order valence-corrected chi connectivity index (χ4v) is 2.05. The maximum Gasteiger partial charge on any atom is 0.185 e. The molecule has 1 aliphatic rings. The molecule has 1 aromatic heterocycles. The maximum atomic E-state index is 5.26. The number of rotatable bonds is 1. The van der Waals surface area contributed by atoms with Crippen molar-refractivity contribution >= 4 is 16.5 Å². The minimum absolute atomic E-state index is 0.832. The first kappa shape index (κ1) is 8.01. The van der Waals surface area contributed by atoms with Gasteiger partial charge in [0.1, 0.15) is 0 Å². The van der Waals surface area contributed by atoms with Gasteiger partial charge in [0, 0.05) is 24.2 Å². The van der Waals surface area contributed by atoms with Crippen LogP contribution >= 0.6 is 11.3 Å². The van der Waals surface area contributed by atoms with E-state index in [4.69, 9.17) is 4.74 Å². The number of hydrogen-bond acceptors (Lipinski definition) is 4. The van der Waals surface area contributed by atoms with Gasteiger partial charge < -0.3 is 9.64 Å². The van der Waals surface area contributed by atoms with Crippen LogP contribution in [0.25, 0.3) is 0 Å². The molecule has 0 atom stereocenters. The Morgan fingerprint density at radius 1 is 1.50 bits per heavy atom. The minimum atomic E-state index is 0.832. The monoisotopic (exact) mass is 184 g/mol. The van der Waals surface area contributed by atoms with E-state index in [-0.39, 0.29) is 0 Å². The van der Waals surface area contributed by atoms with E-state index in [9.17, 15) is 0 Å². The van der Waals surface area contributed by atoms with Crippen LogP contribution in [-0.4, -0.2) is 31.3 Å². The van der Waals surface area contributed by atoms with Gasteiger partial charge in [0.05, 0.1) is 13.2 Å². The number of hydrogen-bond donors (Lipinski definition) is 0. The molecule has 0 aromatic carbocycles. The van der Waals surface area contributed by atoms with Crippen molar-refractivity contribution in [1.82, 2.24) is 4.98 Å². The zero-order valence-electron chi connectivity index (χ0n) is 7.12. The summed E-state index contributed by atoms with van der Waals surface area (Å²) in [4.78, 5) is 7.88. The Balaban J connectivity index is 2.08. The molecule has 1 fully saturated rings. The van der Waals surface area contributed by atoms with Gasteiger partial charge in [0.2, 0.25) is 0 Å². The summed E-state index contributed by atoms with van der Waals surface area (Å²) in [7, 11) is 0. The molecule has 0 saturated carbocycles. The van der Waals surface area contributed by atoms with Gasteiger partial charge in [-0.3, -0.25) is 0 Å². The Morgan fingerprint density at radius 2 is 2.25 bits per heavy atom. The van der Waals surface area contributed by atoms with Crippen LogP contribution < -0.4 is 4.90 Å². The summed E-state index contributed by atoms with van der Waals surface area (Å²) in [5.41, 5.74) is 0. The predicted molar refractivity (Wildman–Crippen MR) is 49.9 cm³/mol. The third kappa shape index (κ3) is 1.59. The van der Waals surface area contributed by atoms with E-state index < -0.39 is 0 Å². The van der Waals surface area contributed by atoms with E-state index >= 15 is 0 Å². The molecule has 0 bridgehead atoms. The number of morpholine rings is 1. The van der Waals surface area contributed by atoms with E-state index in [2.05, 4.69) is 16.8 Å². The van der Waals surface area contributed by atoms with E-state index in [1.807, 2.05) is 6.20 Å². The normalized spacial score (nSPS) is 18.2.